The van der Waals surface area contributed by atoms with Crippen molar-refractivity contribution < 1.29 is 39.8 Å². The van der Waals surface area contributed by atoms with Gasteiger partial charge < -0.3 is 40.3 Å². The fourth-order valence-corrected chi connectivity index (χ4v) is 9.82. The van der Waals surface area contributed by atoms with Gasteiger partial charge in [0.1, 0.15) is 24.4 Å². The molecule has 0 aromatic heterocycles. The Kier molecular flexibility index (Phi) is 49.3. The first-order valence-corrected chi connectivity index (χ1v) is 30.7. The monoisotopic (exact) mass is 1000 g/mol. The van der Waals surface area contributed by atoms with E-state index in [0.717, 1.165) is 38.5 Å². The number of carbonyl (C=O) groups is 1. The number of hydrogen-bond donors (Lipinski definition) is 6. The van der Waals surface area contributed by atoms with Crippen LogP contribution in [0.4, 0.5) is 0 Å². The third kappa shape index (κ3) is 41.4. The molecule has 7 atom stereocenters. The SMILES string of the molecule is CCCCCCCCCCC/C=C/CC/C=C/C(O)C(COC1OC(CO)C(O)C(O)C1O)NC(=O)CCCCCCCCCCCCCCCCCCC/C=C\CCCCCCCCCCCCCC. The van der Waals surface area contributed by atoms with Gasteiger partial charge in [-0.05, 0) is 57.8 Å². The summed E-state index contributed by atoms with van der Waals surface area (Å²) in [6.45, 7) is 3.79. The van der Waals surface area contributed by atoms with Crippen LogP contribution in [0.5, 0.6) is 0 Å². The van der Waals surface area contributed by atoms with Crippen molar-refractivity contribution in [2.45, 2.75) is 339 Å². The van der Waals surface area contributed by atoms with E-state index in [1.165, 1.54) is 238 Å². The molecule has 0 aromatic rings. The molecule has 7 unspecified atom stereocenters. The van der Waals surface area contributed by atoms with E-state index in [-0.39, 0.29) is 12.5 Å². The molecule has 1 aliphatic heterocycles. The van der Waals surface area contributed by atoms with E-state index in [9.17, 15) is 30.3 Å². The number of ether oxygens (including phenoxy) is 2. The molecule has 0 aromatic carbocycles. The van der Waals surface area contributed by atoms with Crippen LogP contribution >= 0.6 is 0 Å². The average molecular weight is 1000 g/mol. The number of amides is 1. The van der Waals surface area contributed by atoms with E-state index >= 15 is 0 Å². The van der Waals surface area contributed by atoms with Crippen LogP contribution in [0.3, 0.4) is 0 Å². The van der Waals surface area contributed by atoms with Gasteiger partial charge >= 0.3 is 0 Å². The van der Waals surface area contributed by atoms with Gasteiger partial charge in [0.25, 0.3) is 0 Å². The predicted molar refractivity (Wildman–Crippen MR) is 300 cm³/mol. The molecule has 6 N–H and O–H groups in total. The summed E-state index contributed by atoms with van der Waals surface area (Å²) in [6, 6.07) is -0.820. The molecule has 9 heteroatoms. The maximum Gasteiger partial charge on any atom is 0.220 e. The van der Waals surface area contributed by atoms with Gasteiger partial charge in [0.2, 0.25) is 5.91 Å². The van der Waals surface area contributed by atoms with Crippen molar-refractivity contribution in [2.75, 3.05) is 13.2 Å². The highest BCUT2D eigenvalue weighted by Crippen LogP contribution is 2.23. The molecule has 1 fully saturated rings. The summed E-state index contributed by atoms with van der Waals surface area (Å²) in [5, 5.41) is 54.4. The summed E-state index contributed by atoms with van der Waals surface area (Å²) < 4.78 is 11.3. The zero-order chi connectivity index (χ0) is 51.5. The number of aliphatic hydroxyl groups excluding tert-OH is 5. The molecule has 1 amide bonds. The van der Waals surface area contributed by atoms with Crippen molar-refractivity contribution in [3.05, 3.63) is 36.5 Å². The Bertz CT molecular complexity index is 1210. The topological polar surface area (TPSA) is 149 Å². The van der Waals surface area contributed by atoms with E-state index < -0.39 is 49.5 Å². The molecule has 0 spiro atoms. The third-order valence-corrected chi connectivity index (χ3v) is 14.7. The van der Waals surface area contributed by atoms with Crippen molar-refractivity contribution in [3.8, 4) is 0 Å². The van der Waals surface area contributed by atoms with Crippen molar-refractivity contribution in [2.24, 2.45) is 0 Å². The maximum atomic E-state index is 13.1. The molecule has 1 saturated heterocycles. The highest BCUT2D eigenvalue weighted by molar-refractivity contribution is 5.76. The predicted octanol–water partition coefficient (Wildman–Crippen LogP) is 15.5. The molecule has 71 heavy (non-hydrogen) atoms. The molecular weight excluding hydrogens is 887 g/mol. The molecule has 9 nitrogen and oxygen atoms in total. The van der Waals surface area contributed by atoms with Gasteiger partial charge in [-0.1, -0.05) is 269 Å². The van der Waals surface area contributed by atoms with Crippen molar-refractivity contribution in [3.63, 3.8) is 0 Å². The molecule has 1 rings (SSSR count). The van der Waals surface area contributed by atoms with Crippen LogP contribution in [0.2, 0.25) is 0 Å². The summed E-state index contributed by atoms with van der Waals surface area (Å²) in [5.74, 6) is -0.183. The summed E-state index contributed by atoms with van der Waals surface area (Å²) in [4.78, 5) is 13.1. The quantitative estimate of drug-likeness (QED) is 0.0261. The smallest absolute Gasteiger partial charge is 0.220 e. The molecule has 0 radical (unpaired) electrons. The van der Waals surface area contributed by atoms with Crippen molar-refractivity contribution in [1.82, 2.24) is 5.32 Å². The summed E-state index contributed by atoms with van der Waals surface area (Å²) >= 11 is 0. The van der Waals surface area contributed by atoms with E-state index in [1.807, 2.05) is 6.08 Å². The normalized spacial score (nSPS) is 19.5. The second-order valence-corrected chi connectivity index (χ2v) is 21.5. The molecule has 0 saturated carbocycles. The summed E-state index contributed by atoms with van der Waals surface area (Å²) in [6.07, 6.45) is 61.0. The van der Waals surface area contributed by atoms with Gasteiger partial charge in [-0.25, -0.2) is 0 Å². The summed E-state index contributed by atoms with van der Waals surface area (Å²) in [5.41, 5.74) is 0. The van der Waals surface area contributed by atoms with E-state index in [2.05, 4.69) is 43.5 Å². The fourth-order valence-electron chi connectivity index (χ4n) is 9.82. The van der Waals surface area contributed by atoms with Crippen LogP contribution in [0.25, 0.3) is 0 Å². The third-order valence-electron chi connectivity index (χ3n) is 14.7. The Morgan fingerprint density at radius 1 is 0.465 bits per heavy atom. The largest absolute Gasteiger partial charge is 0.394 e. The Labute approximate surface area is 438 Å². The Balaban J connectivity index is 2.12. The average Bonchev–Trinajstić information content (AvgIpc) is 3.37. The van der Waals surface area contributed by atoms with Gasteiger partial charge in [-0.2, -0.15) is 0 Å². The van der Waals surface area contributed by atoms with Crippen LogP contribution in [0.1, 0.15) is 296 Å². The van der Waals surface area contributed by atoms with Gasteiger partial charge in [-0.15, -0.1) is 0 Å². The molecule has 1 heterocycles. The van der Waals surface area contributed by atoms with E-state index in [0.29, 0.717) is 6.42 Å². The standard InChI is InChI=1S/C62H117NO8/c1-3-5-7-9-11-13-15-17-19-20-21-22-23-24-25-26-27-28-29-30-31-32-33-34-35-36-38-40-42-44-46-48-50-52-58(66)63-55(54-70-62-61(69)60(68)59(67)57(53-64)71-62)56(65)51-49-47-45-43-41-39-37-18-16-14-12-10-8-6-4-2/h24-25,41,43,49,51,55-57,59-62,64-65,67-69H,3-23,26-40,42,44-48,50,52-54H2,1-2H3,(H,63,66)/b25-24-,43-41+,51-49+. The molecule has 418 valence electrons. The lowest BCUT2D eigenvalue weighted by atomic mass is 9.99. The van der Waals surface area contributed by atoms with Crippen LogP contribution in [0, 0.1) is 0 Å². The number of aliphatic hydroxyl groups is 5. The lowest BCUT2D eigenvalue weighted by molar-refractivity contribution is -0.302. The van der Waals surface area contributed by atoms with Crippen LogP contribution in [0.15, 0.2) is 36.5 Å². The lowest BCUT2D eigenvalue weighted by Gasteiger charge is -2.40. The molecular formula is C62H117NO8. The highest BCUT2D eigenvalue weighted by Gasteiger charge is 2.44. The number of allylic oxidation sites excluding steroid dienone is 5. The minimum atomic E-state index is -1.57. The molecule has 0 aliphatic carbocycles. The molecule has 1 aliphatic rings. The second-order valence-electron chi connectivity index (χ2n) is 21.5. The van der Waals surface area contributed by atoms with Gasteiger partial charge in [0.05, 0.1) is 25.4 Å². The number of rotatable bonds is 53. The minimum absolute atomic E-state index is 0.183. The maximum absolute atomic E-state index is 13.1. The lowest BCUT2D eigenvalue weighted by Crippen LogP contribution is -2.60. The first-order chi connectivity index (χ1) is 34.8. The van der Waals surface area contributed by atoms with Crippen molar-refractivity contribution in [1.29, 1.82) is 0 Å². The van der Waals surface area contributed by atoms with Crippen LogP contribution < -0.4 is 5.32 Å². The van der Waals surface area contributed by atoms with E-state index in [1.54, 1.807) is 6.08 Å². The van der Waals surface area contributed by atoms with Gasteiger partial charge in [0.15, 0.2) is 6.29 Å². The zero-order valence-corrected chi connectivity index (χ0v) is 46.5. The Morgan fingerprint density at radius 3 is 1.18 bits per heavy atom. The number of carbonyl (C=O) groups excluding carboxylic acids is 1. The zero-order valence-electron chi connectivity index (χ0n) is 46.5. The second kappa shape index (κ2) is 51.9. The van der Waals surface area contributed by atoms with Gasteiger partial charge in [0, 0.05) is 6.42 Å². The molecule has 0 bridgehead atoms. The minimum Gasteiger partial charge on any atom is -0.394 e. The van der Waals surface area contributed by atoms with Crippen LogP contribution in [-0.4, -0.2) is 87.5 Å². The number of nitrogens with one attached hydrogen (secondary N) is 1. The fraction of sp³-hybridized carbons (Fsp3) is 0.887. The Hall–Kier alpha value is -1.59. The van der Waals surface area contributed by atoms with Crippen LogP contribution in [-0.2, 0) is 14.3 Å². The van der Waals surface area contributed by atoms with Crippen molar-refractivity contribution >= 4 is 5.91 Å². The number of unbranched alkanes of at least 4 members (excludes halogenated alkanes) is 39. The first-order valence-electron chi connectivity index (χ1n) is 30.7. The van der Waals surface area contributed by atoms with E-state index in [4.69, 9.17) is 9.47 Å². The summed E-state index contributed by atoms with van der Waals surface area (Å²) in [7, 11) is 0. The Morgan fingerprint density at radius 2 is 0.803 bits per heavy atom. The highest BCUT2D eigenvalue weighted by atomic mass is 16.7. The number of hydrogen-bond acceptors (Lipinski definition) is 8. The van der Waals surface area contributed by atoms with Gasteiger partial charge in [-0.3, -0.25) is 4.79 Å². The first kappa shape index (κ1) is 67.4.